The second-order valence-electron chi connectivity index (χ2n) is 5.95. The maximum absolute atomic E-state index is 5.97. The zero-order chi connectivity index (χ0) is 14.7. The molecule has 0 amide bonds. The third-order valence-corrected chi connectivity index (χ3v) is 4.11. The smallest absolute Gasteiger partial charge is 0.126 e. The predicted molar refractivity (Wildman–Crippen MR) is 82.2 cm³/mol. The largest absolute Gasteiger partial charge is 0.493 e. The zero-order valence-electron chi connectivity index (χ0n) is 13.0. The van der Waals surface area contributed by atoms with Crippen LogP contribution in [0, 0.1) is 0 Å². The molecular formula is C17H25NO3. The van der Waals surface area contributed by atoms with Crippen LogP contribution in [0.15, 0.2) is 12.1 Å². The molecule has 1 N–H and O–H groups in total. The van der Waals surface area contributed by atoms with Gasteiger partial charge in [0.15, 0.2) is 0 Å². The van der Waals surface area contributed by atoms with Crippen molar-refractivity contribution in [1.82, 2.24) is 5.32 Å². The molecule has 1 saturated carbocycles. The van der Waals surface area contributed by atoms with Gasteiger partial charge in [-0.3, -0.25) is 0 Å². The summed E-state index contributed by atoms with van der Waals surface area (Å²) in [5, 5.41) is 3.63. The maximum atomic E-state index is 5.97. The van der Waals surface area contributed by atoms with Crippen LogP contribution in [0.4, 0.5) is 0 Å². The second-order valence-corrected chi connectivity index (χ2v) is 5.95. The molecule has 2 aliphatic rings. The van der Waals surface area contributed by atoms with Crippen LogP contribution >= 0.6 is 0 Å². The lowest BCUT2D eigenvalue weighted by Gasteiger charge is -2.17. The van der Waals surface area contributed by atoms with Gasteiger partial charge < -0.3 is 19.5 Å². The molecule has 0 saturated heterocycles. The number of hydrogen-bond donors (Lipinski definition) is 1. The molecule has 0 aromatic heterocycles. The number of ether oxygens (including phenoxy) is 3. The van der Waals surface area contributed by atoms with E-state index in [9.17, 15) is 0 Å². The van der Waals surface area contributed by atoms with Gasteiger partial charge in [-0.05, 0) is 37.5 Å². The molecule has 21 heavy (non-hydrogen) atoms. The molecule has 1 heterocycles. The summed E-state index contributed by atoms with van der Waals surface area (Å²) in [6, 6.07) is 5.39. The molecule has 1 aliphatic carbocycles. The average Bonchev–Trinajstić information content (AvgIpc) is 3.16. The van der Waals surface area contributed by atoms with E-state index in [1.54, 1.807) is 7.11 Å². The zero-order valence-corrected chi connectivity index (χ0v) is 13.0. The topological polar surface area (TPSA) is 39.7 Å². The monoisotopic (exact) mass is 291 g/mol. The molecule has 1 atom stereocenters. The highest BCUT2D eigenvalue weighted by Gasteiger charge is 2.25. The Kier molecular flexibility index (Phi) is 4.66. The van der Waals surface area contributed by atoms with Crippen LogP contribution in [-0.2, 0) is 11.2 Å². The summed E-state index contributed by atoms with van der Waals surface area (Å²) < 4.78 is 16.8. The lowest BCUT2D eigenvalue weighted by atomic mass is 10.0. The number of methoxy groups -OCH3 is 1. The first-order valence-electron chi connectivity index (χ1n) is 7.95. The Morgan fingerprint density at radius 3 is 2.95 bits per heavy atom. The number of rotatable bonds is 8. The molecule has 4 nitrogen and oxygen atoms in total. The van der Waals surface area contributed by atoms with Crippen LogP contribution in [0.5, 0.6) is 11.5 Å². The molecule has 116 valence electrons. The normalized spacial score (nSPS) is 18.2. The van der Waals surface area contributed by atoms with Gasteiger partial charge in [-0.15, -0.1) is 0 Å². The van der Waals surface area contributed by atoms with E-state index < -0.39 is 0 Å². The van der Waals surface area contributed by atoms with Crippen molar-refractivity contribution in [2.24, 2.45) is 0 Å². The average molecular weight is 291 g/mol. The molecule has 1 unspecified atom stereocenters. The highest BCUT2D eigenvalue weighted by molar-refractivity contribution is 5.50. The Labute approximate surface area is 126 Å². The quantitative estimate of drug-likeness (QED) is 0.748. The third kappa shape index (κ3) is 3.69. The second kappa shape index (κ2) is 6.67. The Hall–Kier alpha value is -1.26. The van der Waals surface area contributed by atoms with Crippen molar-refractivity contribution in [3.8, 4) is 11.5 Å². The summed E-state index contributed by atoms with van der Waals surface area (Å²) >= 11 is 0. The van der Waals surface area contributed by atoms with Crippen molar-refractivity contribution in [2.75, 3.05) is 26.9 Å². The minimum absolute atomic E-state index is 0.341. The van der Waals surface area contributed by atoms with Gasteiger partial charge in [-0.1, -0.05) is 0 Å². The van der Waals surface area contributed by atoms with Crippen molar-refractivity contribution in [3.05, 3.63) is 23.3 Å². The van der Waals surface area contributed by atoms with Crippen molar-refractivity contribution >= 4 is 0 Å². The van der Waals surface area contributed by atoms with Gasteiger partial charge >= 0.3 is 0 Å². The minimum atomic E-state index is 0.341. The third-order valence-electron chi connectivity index (χ3n) is 4.11. The van der Waals surface area contributed by atoms with Gasteiger partial charge in [-0.25, -0.2) is 0 Å². The van der Waals surface area contributed by atoms with E-state index in [0.29, 0.717) is 18.7 Å². The Morgan fingerprint density at radius 1 is 1.33 bits per heavy atom. The fourth-order valence-corrected chi connectivity index (χ4v) is 2.74. The van der Waals surface area contributed by atoms with Crippen LogP contribution < -0.4 is 14.8 Å². The summed E-state index contributed by atoms with van der Waals surface area (Å²) in [7, 11) is 1.72. The summed E-state index contributed by atoms with van der Waals surface area (Å²) in [5.74, 6) is 1.99. The van der Waals surface area contributed by atoms with Crippen molar-refractivity contribution in [1.29, 1.82) is 0 Å². The Morgan fingerprint density at radius 2 is 2.19 bits per heavy atom. The van der Waals surface area contributed by atoms with Gasteiger partial charge in [-0.2, -0.15) is 0 Å². The van der Waals surface area contributed by atoms with E-state index >= 15 is 0 Å². The van der Waals surface area contributed by atoms with Crippen LogP contribution in [0.2, 0.25) is 0 Å². The highest BCUT2D eigenvalue weighted by atomic mass is 16.5. The van der Waals surface area contributed by atoms with Crippen LogP contribution in [0.25, 0.3) is 0 Å². The number of hydrogen-bond acceptors (Lipinski definition) is 4. The summed E-state index contributed by atoms with van der Waals surface area (Å²) in [6.07, 6.45) is 4.45. The number of fused-ring (bicyclic) bond motifs is 1. The van der Waals surface area contributed by atoms with Gasteiger partial charge in [0.1, 0.15) is 11.5 Å². The van der Waals surface area contributed by atoms with Crippen LogP contribution in [0.1, 0.15) is 43.4 Å². The molecule has 0 radical (unpaired) electrons. The minimum Gasteiger partial charge on any atom is -0.493 e. The van der Waals surface area contributed by atoms with Gasteiger partial charge in [0.05, 0.1) is 13.2 Å². The van der Waals surface area contributed by atoms with Crippen LogP contribution in [-0.4, -0.2) is 33.0 Å². The van der Waals surface area contributed by atoms with E-state index in [1.165, 1.54) is 24.0 Å². The van der Waals surface area contributed by atoms with E-state index in [-0.39, 0.29) is 0 Å². The lowest BCUT2D eigenvalue weighted by Crippen LogP contribution is -2.20. The molecule has 1 aromatic rings. The maximum Gasteiger partial charge on any atom is 0.126 e. The predicted octanol–water partition coefficient (Wildman–Crippen LogP) is 2.85. The number of nitrogens with one attached hydrogen (secondary N) is 1. The first kappa shape index (κ1) is 14.7. The molecule has 0 spiro atoms. The fourth-order valence-electron chi connectivity index (χ4n) is 2.74. The summed E-state index contributed by atoms with van der Waals surface area (Å²) in [6.45, 7) is 4.40. The molecule has 1 fully saturated rings. The molecule has 1 aromatic carbocycles. The van der Waals surface area contributed by atoms with E-state index in [0.717, 1.165) is 37.6 Å². The first-order valence-corrected chi connectivity index (χ1v) is 7.95. The standard InChI is InChI=1S/C17H25NO3/c1-12(18-14-4-5-14)13-10-16(20-8-3-7-19-2)15-6-9-21-17(15)11-13/h10-12,14,18H,3-9H2,1-2H3. The van der Waals surface area contributed by atoms with Gasteiger partial charge in [0.2, 0.25) is 0 Å². The van der Waals surface area contributed by atoms with E-state index in [1.807, 2.05) is 0 Å². The van der Waals surface area contributed by atoms with Gasteiger partial charge in [0, 0.05) is 44.2 Å². The molecule has 1 aliphatic heterocycles. The first-order chi connectivity index (χ1) is 10.3. The fraction of sp³-hybridized carbons (Fsp3) is 0.647. The molecule has 0 bridgehead atoms. The highest BCUT2D eigenvalue weighted by Crippen LogP contribution is 2.37. The molecular weight excluding hydrogens is 266 g/mol. The van der Waals surface area contributed by atoms with Crippen molar-refractivity contribution in [2.45, 2.75) is 44.7 Å². The van der Waals surface area contributed by atoms with E-state index in [2.05, 4.69) is 24.4 Å². The summed E-state index contributed by atoms with van der Waals surface area (Å²) in [5.41, 5.74) is 2.47. The molecule has 3 rings (SSSR count). The molecule has 4 heteroatoms. The Bertz CT molecular complexity index is 485. The number of benzene rings is 1. The SMILES string of the molecule is COCCCOc1cc(C(C)NC2CC2)cc2c1CCO2. The van der Waals surface area contributed by atoms with E-state index in [4.69, 9.17) is 14.2 Å². The summed E-state index contributed by atoms with van der Waals surface area (Å²) in [4.78, 5) is 0. The van der Waals surface area contributed by atoms with Crippen molar-refractivity contribution in [3.63, 3.8) is 0 Å². The Balaban J connectivity index is 1.72. The van der Waals surface area contributed by atoms with Gasteiger partial charge in [0.25, 0.3) is 0 Å². The lowest BCUT2D eigenvalue weighted by molar-refractivity contribution is 0.172. The van der Waals surface area contributed by atoms with Crippen LogP contribution in [0.3, 0.4) is 0 Å². The van der Waals surface area contributed by atoms with Crippen molar-refractivity contribution < 1.29 is 14.2 Å².